The Morgan fingerprint density at radius 2 is 2.13 bits per heavy atom. The van der Waals surface area contributed by atoms with E-state index < -0.39 is 35.1 Å². The molecule has 0 aromatic carbocycles. The molecule has 1 aromatic heterocycles. The molecule has 0 aliphatic carbocycles. The van der Waals surface area contributed by atoms with Gasteiger partial charge in [0.15, 0.2) is 6.10 Å². The van der Waals surface area contributed by atoms with Gasteiger partial charge in [0.05, 0.1) is 5.41 Å². The fourth-order valence-corrected chi connectivity index (χ4v) is 2.42. The highest BCUT2D eigenvalue weighted by atomic mass is 19.4. The number of rotatable bonds is 3. The van der Waals surface area contributed by atoms with Gasteiger partial charge in [0, 0.05) is 19.3 Å². The molecule has 126 valence electrons. The van der Waals surface area contributed by atoms with E-state index in [1.165, 1.54) is 4.90 Å². The van der Waals surface area contributed by atoms with Crippen LogP contribution in [0.3, 0.4) is 0 Å². The number of aromatic nitrogens is 1. The molecule has 23 heavy (non-hydrogen) atoms. The summed E-state index contributed by atoms with van der Waals surface area (Å²) in [7, 11) is 0. The molecular formula is C14H16F3N3O3. The zero-order chi connectivity index (χ0) is 17.4. The number of nitrogens with two attached hydrogens (primary N) is 1. The molecule has 0 bridgehead atoms. The fraction of sp³-hybridized carbons (Fsp3) is 0.500. The summed E-state index contributed by atoms with van der Waals surface area (Å²) < 4.78 is 37.6. The molecule has 1 aromatic rings. The van der Waals surface area contributed by atoms with E-state index in [1.807, 2.05) is 0 Å². The molecule has 2 unspecified atom stereocenters. The summed E-state index contributed by atoms with van der Waals surface area (Å²) >= 11 is 0. The SMILES string of the molecule is CC1(C(N)=O)CCN(C(=O)c2cc(C(O)C(F)(F)F)ccn2)C1. The number of carbonyl (C=O) groups is 2. The van der Waals surface area contributed by atoms with Gasteiger partial charge in [0.1, 0.15) is 5.69 Å². The Bertz CT molecular complexity index is 635. The van der Waals surface area contributed by atoms with E-state index in [0.717, 1.165) is 18.3 Å². The van der Waals surface area contributed by atoms with Gasteiger partial charge in [-0.3, -0.25) is 14.6 Å². The largest absolute Gasteiger partial charge is 0.418 e. The smallest absolute Gasteiger partial charge is 0.379 e. The average molecular weight is 331 g/mol. The van der Waals surface area contributed by atoms with Gasteiger partial charge in [-0.15, -0.1) is 0 Å². The number of amides is 2. The Balaban J connectivity index is 2.20. The summed E-state index contributed by atoms with van der Waals surface area (Å²) in [5.74, 6) is -1.15. The van der Waals surface area contributed by atoms with Crippen molar-refractivity contribution in [2.24, 2.45) is 11.1 Å². The van der Waals surface area contributed by atoms with E-state index in [-0.39, 0.29) is 18.8 Å². The molecular weight excluding hydrogens is 315 g/mol. The first-order valence-electron chi connectivity index (χ1n) is 6.84. The van der Waals surface area contributed by atoms with Crippen molar-refractivity contribution in [3.63, 3.8) is 0 Å². The molecule has 1 aliphatic heterocycles. The first-order valence-corrected chi connectivity index (χ1v) is 6.84. The molecule has 6 nitrogen and oxygen atoms in total. The molecule has 1 saturated heterocycles. The zero-order valence-electron chi connectivity index (χ0n) is 12.3. The van der Waals surface area contributed by atoms with Crippen molar-refractivity contribution in [2.45, 2.75) is 25.6 Å². The predicted octanol–water partition coefficient (Wildman–Crippen LogP) is 1.01. The van der Waals surface area contributed by atoms with Crippen LogP contribution in [0.15, 0.2) is 18.3 Å². The number of halogens is 3. The lowest BCUT2D eigenvalue weighted by Gasteiger charge is -2.21. The third kappa shape index (κ3) is 3.44. The number of likely N-dealkylation sites (tertiary alicyclic amines) is 1. The van der Waals surface area contributed by atoms with Gasteiger partial charge >= 0.3 is 6.18 Å². The maximum atomic E-state index is 12.5. The molecule has 2 heterocycles. The Morgan fingerprint density at radius 3 is 2.65 bits per heavy atom. The van der Waals surface area contributed by atoms with E-state index >= 15 is 0 Å². The van der Waals surface area contributed by atoms with Gasteiger partial charge in [0.2, 0.25) is 5.91 Å². The molecule has 9 heteroatoms. The van der Waals surface area contributed by atoms with Gasteiger partial charge in [-0.05, 0) is 31.0 Å². The monoisotopic (exact) mass is 331 g/mol. The van der Waals surface area contributed by atoms with Crippen LogP contribution in [-0.4, -0.2) is 46.1 Å². The number of hydrogen-bond donors (Lipinski definition) is 2. The van der Waals surface area contributed by atoms with Crippen molar-refractivity contribution < 1.29 is 27.9 Å². The molecule has 0 saturated carbocycles. The minimum atomic E-state index is -4.83. The van der Waals surface area contributed by atoms with Crippen LogP contribution < -0.4 is 5.73 Å². The van der Waals surface area contributed by atoms with Crippen LogP contribution >= 0.6 is 0 Å². The van der Waals surface area contributed by atoms with E-state index in [9.17, 15) is 27.9 Å². The summed E-state index contributed by atoms with van der Waals surface area (Å²) in [5, 5.41) is 9.25. The molecule has 1 fully saturated rings. The first kappa shape index (κ1) is 17.2. The number of carbonyl (C=O) groups excluding carboxylic acids is 2. The van der Waals surface area contributed by atoms with Crippen molar-refractivity contribution in [1.29, 1.82) is 0 Å². The molecule has 2 atom stereocenters. The maximum Gasteiger partial charge on any atom is 0.418 e. The molecule has 1 aliphatic rings. The van der Waals surface area contributed by atoms with Crippen LogP contribution in [0.1, 0.15) is 35.5 Å². The third-order valence-corrected chi connectivity index (χ3v) is 3.98. The molecule has 3 N–H and O–H groups in total. The second-order valence-corrected chi connectivity index (χ2v) is 5.82. The van der Waals surface area contributed by atoms with Gasteiger partial charge in [-0.1, -0.05) is 0 Å². The predicted molar refractivity (Wildman–Crippen MR) is 73.1 cm³/mol. The number of pyridine rings is 1. The number of nitrogens with zero attached hydrogens (tertiary/aromatic N) is 2. The Kier molecular flexibility index (Phi) is 4.34. The van der Waals surface area contributed by atoms with Crippen molar-refractivity contribution in [1.82, 2.24) is 9.88 Å². The van der Waals surface area contributed by atoms with Gasteiger partial charge < -0.3 is 15.7 Å². The lowest BCUT2D eigenvalue weighted by molar-refractivity contribution is -0.206. The maximum absolute atomic E-state index is 12.5. The van der Waals surface area contributed by atoms with Crippen molar-refractivity contribution in [3.8, 4) is 0 Å². The minimum absolute atomic E-state index is 0.0783. The van der Waals surface area contributed by atoms with E-state index in [4.69, 9.17) is 5.73 Å². The lowest BCUT2D eigenvalue weighted by atomic mass is 9.89. The normalized spacial score (nSPS) is 22.9. The second kappa shape index (κ2) is 5.80. The topological polar surface area (TPSA) is 96.5 Å². The van der Waals surface area contributed by atoms with Gasteiger partial charge in [-0.25, -0.2) is 0 Å². The third-order valence-electron chi connectivity index (χ3n) is 3.98. The summed E-state index contributed by atoms with van der Waals surface area (Å²) in [5.41, 5.74) is 3.74. The zero-order valence-corrected chi connectivity index (χ0v) is 12.3. The highest BCUT2D eigenvalue weighted by molar-refractivity contribution is 5.93. The van der Waals surface area contributed by atoms with Crippen LogP contribution in [0.5, 0.6) is 0 Å². The molecule has 0 radical (unpaired) electrons. The van der Waals surface area contributed by atoms with Crippen molar-refractivity contribution in [2.75, 3.05) is 13.1 Å². The van der Waals surface area contributed by atoms with E-state index in [1.54, 1.807) is 6.92 Å². The van der Waals surface area contributed by atoms with E-state index in [2.05, 4.69) is 4.98 Å². The van der Waals surface area contributed by atoms with E-state index in [0.29, 0.717) is 6.42 Å². The van der Waals surface area contributed by atoms with Crippen molar-refractivity contribution in [3.05, 3.63) is 29.6 Å². The summed E-state index contributed by atoms with van der Waals surface area (Å²) in [6.07, 6.45) is -6.12. The molecule has 0 spiro atoms. The van der Waals surface area contributed by atoms with Crippen LogP contribution in [0.2, 0.25) is 0 Å². The Labute approximate surface area is 130 Å². The van der Waals surface area contributed by atoms with Crippen LogP contribution in [0, 0.1) is 5.41 Å². The Hall–Kier alpha value is -2.16. The van der Waals surface area contributed by atoms with Crippen LogP contribution in [-0.2, 0) is 4.79 Å². The second-order valence-electron chi connectivity index (χ2n) is 5.82. The van der Waals surface area contributed by atoms with Crippen LogP contribution in [0.4, 0.5) is 13.2 Å². The van der Waals surface area contributed by atoms with Gasteiger partial charge in [-0.2, -0.15) is 13.2 Å². The number of primary amides is 1. The summed E-state index contributed by atoms with van der Waals surface area (Å²) in [6.45, 7) is 1.96. The first-order chi connectivity index (χ1) is 10.5. The minimum Gasteiger partial charge on any atom is -0.379 e. The molecule has 2 rings (SSSR count). The Morgan fingerprint density at radius 1 is 1.48 bits per heavy atom. The highest BCUT2D eigenvalue weighted by Crippen LogP contribution is 2.33. The quantitative estimate of drug-likeness (QED) is 0.864. The fourth-order valence-electron chi connectivity index (χ4n) is 2.42. The van der Waals surface area contributed by atoms with Gasteiger partial charge in [0.25, 0.3) is 5.91 Å². The standard InChI is InChI=1S/C14H16F3N3O3/c1-13(12(18)23)3-5-20(7-13)11(22)9-6-8(2-4-19-9)10(21)14(15,16)17/h2,4,6,10,21H,3,5,7H2,1H3,(H2,18,23). The summed E-state index contributed by atoms with van der Waals surface area (Å²) in [6, 6.07) is 1.90. The highest BCUT2D eigenvalue weighted by Gasteiger charge is 2.42. The lowest BCUT2D eigenvalue weighted by Crippen LogP contribution is -2.38. The summed E-state index contributed by atoms with van der Waals surface area (Å²) in [4.78, 5) is 28.8. The van der Waals surface area contributed by atoms with Crippen molar-refractivity contribution >= 4 is 11.8 Å². The number of aliphatic hydroxyl groups is 1. The number of hydrogen-bond acceptors (Lipinski definition) is 4. The average Bonchev–Trinajstić information content (AvgIpc) is 2.89. The van der Waals surface area contributed by atoms with Crippen LogP contribution in [0.25, 0.3) is 0 Å². The number of alkyl halides is 3. The number of aliphatic hydroxyl groups excluding tert-OH is 1. The molecule has 2 amide bonds.